The summed E-state index contributed by atoms with van der Waals surface area (Å²) in [6.45, 7) is 0. The van der Waals surface area contributed by atoms with Crippen molar-refractivity contribution in [2.45, 2.75) is 5.75 Å². The van der Waals surface area contributed by atoms with E-state index in [0.29, 0.717) is 10.6 Å². The molecule has 86 valence electrons. The van der Waals surface area contributed by atoms with Crippen molar-refractivity contribution < 1.29 is 4.39 Å². The third kappa shape index (κ3) is 3.71. The number of rotatable bonds is 2. The fourth-order valence-corrected chi connectivity index (χ4v) is 2.05. The summed E-state index contributed by atoms with van der Waals surface area (Å²) in [6, 6.07) is 4.41. The van der Waals surface area contributed by atoms with Gasteiger partial charge in [0.1, 0.15) is 5.82 Å². The lowest BCUT2D eigenvalue weighted by Crippen LogP contribution is -2.33. The van der Waals surface area contributed by atoms with E-state index in [2.05, 4.69) is 5.32 Å². The number of hydrogen-bond donors (Lipinski definition) is 4. The summed E-state index contributed by atoms with van der Waals surface area (Å²) in [5.41, 5.74) is 5.38. The van der Waals surface area contributed by atoms with Crippen molar-refractivity contribution in [3.63, 3.8) is 0 Å². The highest BCUT2D eigenvalue weighted by Crippen LogP contribution is 2.23. The van der Waals surface area contributed by atoms with Crippen LogP contribution in [0.4, 0.5) is 4.39 Å². The third-order valence-electron chi connectivity index (χ3n) is 1.67. The summed E-state index contributed by atoms with van der Waals surface area (Å²) in [4.78, 5) is 0. The van der Waals surface area contributed by atoms with Crippen molar-refractivity contribution in [1.82, 2.24) is 5.32 Å². The Labute approximate surface area is 101 Å². The lowest BCUT2D eigenvalue weighted by molar-refractivity contribution is 0.617. The van der Waals surface area contributed by atoms with E-state index in [4.69, 9.17) is 28.2 Å². The van der Waals surface area contributed by atoms with E-state index in [0.717, 1.165) is 11.8 Å². The minimum absolute atomic E-state index is 0.0215. The van der Waals surface area contributed by atoms with E-state index < -0.39 is 5.82 Å². The maximum Gasteiger partial charge on any atom is 0.191 e. The number of halogens is 2. The van der Waals surface area contributed by atoms with Gasteiger partial charge in [0.05, 0.1) is 0 Å². The van der Waals surface area contributed by atoms with Gasteiger partial charge in [0.2, 0.25) is 0 Å². The SMILES string of the molecule is N=C(N)NC(=N)SCc1c(F)cccc1Cl. The Kier molecular flexibility index (Phi) is 4.57. The second kappa shape index (κ2) is 5.72. The Balaban J connectivity index is 2.61. The van der Waals surface area contributed by atoms with Crippen molar-refractivity contribution >= 4 is 34.5 Å². The first-order valence-electron chi connectivity index (χ1n) is 4.26. The number of nitrogens with one attached hydrogen (secondary N) is 3. The molecule has 0 aromatic heterocycles. The Morgan fingerprint density at radius 2 is 2.19 bits per heavy atom. The first kappa shape index (κ1) is 12.8. The predicted octanol–water partition coefficient (Wildman–Crippen LogP) is 2.13. The number of benzene rings is 1. The summed E-state index contributed by atoms with van der Waals surface area (Å²) >= 11 is 6.82. The lowest BCUT2D eigenvalue weighted by Gasteiger charge is -2.07. The molecular formula is C9H10ClFN4S. The molecule has 0 saturated carbocycles. The number of thioether (sulfide) groups is 1. The van der Waals surface area contributed by atoms with Crippen LogP contribution in [0.2, 0.25) is 5.02 Å². The fraction of sp³-hybridized carbons (Fsp3) is 0.111. The summed E-state index contributed by atoms with van der Waals surface area (Å²) in [6.07, 6.45) is 0. The van der Waals surface area contributed by atoms with Crippen molar-refractivity contribution in [1.29, 1.82) is 10.8 Å². The zero-order valence-corrected chi connectivity index (χ0v) is 9.75. The zero-order chi connectivity index (χ0) is 12.1. The van der Waals surface area contributed by atoms with E-state index in [-0.39, 0.29) is 16.9 Å². The van der Waals surface area contributed by atoms with Gasteiger partial charge in [-0.2, -0.15) is 0 Å². The Bertz CT molecular complexity index is 404. The highest BCUT2D eigenvalue weighted by molar-refractivity contribution is 8.13. The second-order valence-electron chi connectivity index (χ2n) is 2.86. The van der Waals surface area contributed by atoms with Gasteiger partial charge in [-0.15, -0.1) is 0 Å². The van der Waals surface area contributed by atoms with Crippen LogP contribution in [0.15, 0.2) is 18.2 Å². The van der Waals surface area contributed by atoms with Gasteiger partial charge in [0.15, 0.2) is 11.1 Å². The first-order chi connectivity index (χ1) is 7.50. The molecule has 7 heteroatoms. The normalized spacial score (nSPS) is 9.88. The van der Waals surface area contributed by atoms with Gasteiger partial charge >= 0.3 is 0 Å². The van der Waals surface area contributed by atoms with Gasteiger partial charge < -0.3 is 11.1 Å². The van der Waals surface area contributed by atoms with Gasteiger partial charge in [-0.25, -0.2) is 4.39 Å². The third-order valence-corrected chi connectivity index (χ3v) is 2.85. The molecule has 0 radical (unpaired) electrons. The van der Waals surface area contributed by atoms with E-state index in [1.165, 1.54) is 12.1 Å². The molecule has 0 aliphatic carbocycles. The quantitative estimate of drug-likeness (QED) is 0.485. The van der Waals surface area contributed by atoms with Crippen LogP contribution in [0, 0.1) is 16.6 Å². The Morgan fingerprint density at radius 1 is 1.50 bits per heavy atom. The molecule has 0 amide bonds. The Morgan fingerprint density at radius 3 is 2.75 bits per heavy atom. The van der Waals surface area contributed by atoms with Crippen LogP contribution in [-0.4, -0.2) is 11.1 Å². The molecule has 1 rings (SSSR count). The van der Waals surface area contributed by atoms with E-state index in [1.807, 2.05) is 0 Å². The van der Waals surface area contributed by atoms with Gasteiger partial charge in [0.25, 0.3) is 0 Å². The molecule has 0 spiro atoms. The number of guanidine groups is 1. The largest absolute Gasteiger partial charge is 0.370 e. The molecular weight excluding hydrogens is 251 g/mol. The molecule has 4 nitrogen and oxygen atoms in total. The number of nitrogens with two attached hydrogens (primary N) is 1. The monoisotopic (exact) mass is 260 g/mol. The molecule has 0 saturated heterocycles. The lowest BCUT2D eigenvalue weighted by atomic mass is 10.2. The average molecular weight is 261 g/mol. The fourth-order valence-electron chi connectivity index (χ4n) is 0.973. The number of hydrogen-bond acceptors (Lipinski definition) is 3. The summed E-state index contributed by atoms with van der Waals surface area (Å²) < 4.78 is 13.3. The summed E-state index contributed by atoms with van der Waals surface area (Å²) in [5.74, 6) is -0.516. The van der Waals surface area contributed by atoms with Gasteiger partial charge in [-0.1, -0.05) is 29.4 Å². The van der Waals surface area contributed by atoms with E-state index in [9.17, 15) is 4.39 Å². The smallest absolute Gasteiger partial charge is 0.191 e. The molecule has 0 fully saturated rings. The van der Waals surface area contributed by atoms with Crippen LogP contribution in [0.1, 0.15) is 5.56 Å². The summed E-state index contributed by atoms with van der Waals surface area (Å²) in [5, 5.41) is 16.9. The molecule has 16 heavy (non-hydrogen) atoms. The molecule has 1 aromatic carbocycles. The van der Waals surface area contributed by atoms with Crippen LogP contribution in [0.25, 0.3) is 0 Å². The first-order valence-corrected chi connectivity index (χ1v) is 5.62. The second-order valence-corrected chi connectivity index (χ2v) is 4.25. The van der Waals surface area contributed by atoms with Crippen molar-refractivity contribution in [3.8, 4) is 0 Å². The van der Waals surface area contributed by atoms with Crippen LogP contribution in [0.5, 0.6) is 0 Å². The molecule has 0 aliphatic heterocycles. The maximum atomic E-state index is 13.3. The topological polar surface area (TPSA) is 85.8 Å². The molecule has 0 aliphatic rings. The minimum Gasteiger partial charge on any atom is -0.370 e. The van der Waals surface area contributed by atoms with Crippen molar-refractivity contribution in [2.75, 3.05) is 0 Å². The highest BCUT2D eigenvalue weighted by atomic mass is 35.5. The predicted molar refractivity (Wildman–Crippen MR) is 65.5 cm³/mol. The van der Waals surface area contributed by atoms with E-state index in [1.54, 1.807) is 6.07 Å². The highest BCUT2D eigenvalue weighted by Gasteiger charge is 2.08. The standard InChI is InChI=1S/C9H10ClFN4S/c10-6-2-1-3-7(11)5(6)4-16-9(14)15-8(12)13/h1-3H,4H2,(H5,12,13,14,15). The van der Waals surface area contributed by atoms with Crippen LogP contribution >= 0.6 is 23.4 Å². The van der Waals surface area contributed by atoms with Crippen molar-refractivity contribution in [3.05, 3.63) is 34.6 Å². The van der Waals surface area contributed by atoms with Gasteiger partial charge in [-0.3, -0.25) is 10.8 Å². The average Bonchev–Trinajstić information content (AvgIpc) is 2.15. The van der Waals surface area contributed by atoms with Crippen LogP contribution in [0.3, 0.4) is 0 Å². The van der Waals surface area contributed by atoms with Gasteiger partial charge in [-0.05, 0) is 12.1 Å². The Hall–Kier alpha value is -1.27. The molecule has 0 heterocycles. The van der Waals surface area contributed by atoms with Crippen molar-refractivity contribution in [2.24, 2.45) is 5.73 Å². The molecule has 0 unspecified atom stereocenters. The van der Waals surface area contributed by atoms with Crippen LogP contribution < -0.4 is 11.1 Å². The minimum atomic E-state index is -0.407. The molecule has 5 N–H and O–H groups in total. The molecule has 1 aromatic rings. The zero-order valence-electron chi connectivity index (χ0n) is 8.18. The van der Waals surface area contributed by atoms with Gasteiger partial charge in [0, 0.05) is 16.3 Å². The van der Waals surface area contributed by atoms with Crippen LogP contribution in [-0.2, 0) is 5.75 Å². The molecule has 0 bridgehead atoms. The van der Waals surface area contributed by atoms with E-state index >= 15 is 0 Å². The summed E-state index contributed by atoms with van der Waals surface area (Å²) in [7, 11) is 0. The molecule has 0 atom stereocenters. The maximum absolute atomic E-state index is 13.3. The number of amidine groups is 1.